The van der Waals surface area contributed by atoms with Gasteiger partial charge in [0, 0.05) is 37.2 Å². The first kappa shape index (κ1) is 13.7. The van der Waals surface area contributed by atoms with Crippen molar-refractivity contribution in [3.8, 4) is 0 Å². The Kier molecular flexibility index (Phi) is 3.57. The van der Waals surface area contributed by atoms with E-state index in [0.717, 1.165) is 32.6 Å². The quantitative estimate of drug-likeness (QED) is 0.927. The fourth-order valence-electron chi connectivity index (χ4n) is 3.28. The van der Waals surface area contributed by atoms with Crippen LogP contribution in [-0.4, -0.2) is 22.6 Å². The molecule has 2 aromatic rings. The highest BCUT2D eigenvalue weighted by Crippen LogP contribution is 2.31. The Morgan fingerprint density at radius 3 is 2.60 bits per heavy atom. The smallest absolute Gasteiger partial charge is 0.0484 e. The highest BCUT2D eigenvalue weighted by Gasteiger charge is 2.20. The summed E-state index contributed by atoms with van der Waals surface area (Å²) in [7, 11) is 2.15. The molecule has 1 aliphatic rings. The van der Waals surface area contributed by atoms with E-state index in [1.54, 1.807) is 0 Å². The zero-order chi connectivity index (χ0) is 14.3. The summed E-state index contributed by atoms with van der Waals surface area (Å²) in [5.74, 6) is 0.543. The van der Waals surface area contributed by atoms with Gasteiger partial charge in [0.25, 0.3) is 0 Å². The zero-order valence-electron chi connectivity index (χ0n) is 12.8. The second-order valence-corrected chi connectivity index (χ2v) is 6.25. The molecule has 0 fully saturated rings. The van der Waals surface area contributed by atoms with E-state index in [9.17, 15) is 0 Å². The van der Waals surface area contributed by atoms with Gasteiger partial charge in [-0.3, -0.25) is 4.90 Å². The molecular formula is C17H25N3. The molecule has 0 amide bonds. The van der Waals surface area contributed by atoms with Gasteiger partial charge in [0.2, 0.25) is 0 Å². The SMILES string of the molecule is CCN1Cc2cc3c(CC(C)CN)cn(C)c3cc2C1. The third-order valence-electron chi connectivity index (χ3n) is 4.60. The maximum atomic E-state index is 5.78. The second-order valence-electron chi connectivity index (χ2n) is 6.25. The van der Waals surface area contributed by atoms with Gasteiger partial charge in [-0.05, 0) is 54.3 Å². The van der Waals surface area contributed by atoms with Crippen LogP contribution in [0.3, 0.4) is 0 Å². The van der Waals surface area contributed by atoms with Crippen molar-refractivity contribution in [2.75, 3.05) is 13.1 Å². The van der Waals surface area contributed by atoms with E-state index in [1.165, 1.54) is 27.6 Å². The molecule has 0 radical (unpaired) electrons. The molecule has 0 bridgehead atoms. The van der Waals surface area contributed by atoms with Gasteiger partial charge in [-0.1, -0.05) is 13.8 Å². The molecule has 0 aliphatic carbocycles. The lowest BCUT2D eigenvalue weighted by Crippen LogP contribution is -2.14. The van der Waals surface area contributed by atoms with Crippen LogP contribution in [0.1, 0.15) is 30.5 Å². The fraction of sp³-hybridized carbons (Fsp3) is 0.529. The lowest BCUT2D eigenvalue weighted by Gasteiger charge is -2.09. The Labute approximate surface area is 121 Å². The molecule has 108 valence electrons. The summed E-state index contributed by atoms with van der Waals surface area (Å²) in [6.45, 7) is 8.54. The van der Waals surface area contributed by atoms with Crippen molar-refractivity contribution >= 4 is 10.9 Å². The van der Waals surface area contributed by atoms with Gasteiger partial charge in [-0.2, -0.15) is 0 Å². The van der Waals surface area contributed by atoms with Crippen LogP contribution in [0.15, 0.2) is 18.3 Å². The van der Waals surface area contributed by atoms with E-state index in [2.05, 4.69) is 48.7 Å². The molecule has 1 aromatic heterocycles. The minimum Gasteiger partial charge on any atom is -0.350 e. The molecular weight excluding hydrogens is 246 g/mol. The van der Waals surface area contributed by atoms with Crippen LogP contribution in [0.5, 0.6) is 0 Å². The predicted molar refractivity (Wildman–Crippen MR) is 84.6 cm³/mol. The number of hydrogen-bond acceptors (Lipinski definition) is 2. The van der Waals surface area contributed by atoms with Crippen LogP contribution in [0.2, 0.25) is 0 Å². The maximum absolute atomic E-state index is 5.78. The number of nitrogens with two attached hydrogens (primary N) is 1. The average Bonchev–Trinajstić information content (AvgIpc) is 2.98. The predicted octanol–water partition coefficient (Wildman–Crippen LogP) is 2.65. The molecule has 1 aliphatic heterocycles. The molecule has 0 saturated carbocycles. The minimum absolute atomic E-state index is 0.543. The molecule has 1 atom stereocenters. The van der Waals surface area contributed by atoms with Gasteiger partial charge in [0.15, 0.2) is 0 Å². The Balaban J connectivity index is 2.03. The number of aromatic nitrogens is 1. The van der Waals surface area contributed by atoms with Crippen LogP contribution >= 0.6 is 0 Å². The maximum Gasteiger partial charge on any atom is 0.0484 e. The van der Waals surface area contributed by atoms with Crippen molar-refractivity contribution in [3.63, 3.8) is 0 Å². The number of fused-ring (bicyclic) bond motifs is 2. The van der Waals surface area contributed by atoms with Gasteiger partial charge >= 0.3 is 0 Å². The Morgan fingerprint density at radius 2 is 1.95 bits per heavy atom. The van der Waals surface area contributed by atoms with Crippen LogP contribution in [0.25, 0.3) is 10.9 Å². The van der Waals surface area contributed by atoms with Crippen molar-refractivity contribution in [1.29, 1.82) is 0 Å². The number of rotatable bonds is 4. The molecule has 3 heteroatoms. The average molecular weight is 271 g/mol. The summed E-state index contributed by atoms with van der Waals surface area (Å²) in [6.07, 6.45) is 3.35. The third-order valence-corrected chi connectivity index (χ3v) is 4.60. The molecule has 3 rings (SSSR count). The third kappa shape index (κ3) is 2.25. The zero-order valence-corrected chi connectivity index (χ0v) is 12.8. The molecule has 20 heavy (non-hydrogen) atoms. The lowest BCUT2D eigenvalue weighted by atomic mass is 9.99. The Hall–Kier alpha value is -1.32. The number of aryl methyl sites for hydroxylation is 1. The molecule has 3 nitrogen and oxygen atoms in total. The minimum atomic E-state index is 0.543. The Morgan fingerprint density at radius 1 is 1.25 bits per heavy atom. The number of nitrogens with zero attached hydrogens (tertiary/aromatic N) is 2. The van der Waals surface area contributed by atoms with Gasteiger partial charge < -0.3 is 10.3 Å². The summed E-state index contributed by atoms with van der Waals surface area (Å²) in [5, 5.41) is 1.42. The molecule has 2 N–H and O–H groups in total. The second kappa shape index (κ2) is 5.23. The monoisotopic (exact) mass is 271 g/mol. The van der Waals surface area contributed by atoms with Crippen molar-refractivity contribution in [1.82, 2.24) is 9.47 Å². The first-order chi connectivity index (χ1) is 9.62. The molecule has 1 aromatic carbocycles. The standard InChI is InChI=1S/C17H25N3/c1-4-20-10-13-6-16-15(5-12(2)8-18)9-19(3)17(16)7-14(13)11-20/h6-7,9,12H,4-5,8,10-11,18H2,1-3H3. The van der Waals surface area contributed by atoms with Gasteiger partial charge in [0.05, 0.1) is 0 Å². The van der Waals surface area contributed by atoms with Crippen LogP contribution in [-0.2, 0) is 26.6 Å². The summed E-state index contributed by atoms with van der Waals surface area (Å²) in [4.78, 5) is 2.49. The van der Waals surface area contributed by atoms with Crippen LogP contribution < -0.4 is 5.73 Å². The van der Waals surface area contributed by atoms with Gasteiger partial charge in [-0.15, -0.1) is 0 Å². The van der Waals surface area contributed by atoms with E-state index in [4.69, 9.17) is 5.73 Å². The topological polar surface area (TPSA) is 34.2 Å². The summed E-state index contributed by atoms with van der Waals surface area (Å²) in [6, 6.07) is 4.80. The number of benzene rings is 1. The van der Waals surface area contributed by atoms with Crippen molar-refractivity contribution in [2.24, 2.45) is 18.7 Å². The lowest BCUT2D eigenvalue weighted by molar-refractivity contribution is 0.301. The molecule has 2 heterocycles. The largest absolute Gasteiger partial charge is 0.350 e. The normalized spacial score (nSPS) is 16.8. The highest BCUT2D eigenvalue weighted by atomic mass is 15.1. The Bertz CT molecular complexity index is 627. The van der Waals surface area contributed by atoms with Crippen molar-refractivity contribution in [3.05, 3.63) is 35.0 Å². The summed E-state index contributed by atoms with van der Waals surface area (Å²) in [5.41, 5.74) is 11.6. The van der Waals surface area contributed by atoms with E-state index >= 15 is 0 Å². The van der Waals surface area contributed by atoms with E-state index in [1.807, 2.05) is 0 Å². The summed E-state index contributed by atoms with van der Waals surface area (Å²) >= 11 is 0. The fourth-order valence-corrected chi connectivity index (χ4v) is 3.28. The van der Waals surface area contributed by atoms with E-state index in [0.29, 0.717) is 5.92 Å². The molecule has 1 unspecified atom stereocenters. The first-order valence-electron chi connectivity index (χ1n) is 7.64. The number of hydrogen-bond donors (Lipinski definition) is 1. The first-order valence-corrected chi connectivity index (χ1v) is 7.64. The van der Waals surface area contributed by atoms with Crippen LogP contribution in [0.4, 0.5) is 0 Å². The van der Waals surface area contributed by atoms with Gasteiger partial charge in [-0.25, -0.2) is 0 Å². The summed E-state index contributed by atoms with van der Waals surface area (Å²) < 4.78 is 2.27. The van der Waals surface area contributed by atoms with Gasteiger partial charge in [0.1, 0.15) is 0 Å². The molecule has 0 spiro atoms. The molecule has 0 saturated heterocycles. The van der Waals surface area contributed by atoms with Crippen LogP contribution in [0, 0.1) is 5.92 Å². The van der Waals surface area contributed by atoms with E-state index < -0.39 is 0 Å². The van der Waals surface area contributed by atoms with Crippen molar-refractivity contribution in [2.45, 2.75) is 33.4 Å². The van der Waals surface area contributed by atoms with E-state index in [-0.39, 0.29) is 0 Å². The highest BCUT2D eigenvalue weighted by molar-refractivity contribution is 5.85. The van der Waals surface area contributed by atoms with Crippen molar-refractivity contribution < 1.29 is 0 Å².